The Morgan fingerprint density at radius 1 is 1.00 bits per heavy atom. The van der Waals surface area contributed by atoms with Crippen LogP contribution in [0.3, 0.4) is 0 Å². The van der Waals surface area contributed by atoms with Crippen LogP contribution >= 0.6 is 23.2 Å². The zero-order valence-corrected chi connectivity index (χ0v) is 19.1. The fourth-order valence-corrected chi connectivity index (χ4v) is 4.31. The van der Waals surface area contributed by atoms with Crippen molar-refractivity contribution >= 4 is 46.4 Å². The van der Waals surface area contributed by atoms with E-state index in [0.29, 0.717) is 51.2 Å². The van der Waals surface area contributed by atoms with Crippen molar-refractivity contribution in [3.63, 3.8) is 0 Å². The molecule has 0 saturated heterocycles. The zero-order valence-electron chi connectivity index (χ0n) is 17.6. The molecule has 3 aromatic rings. The summed E-state index contributed by atoms with van der Waals surface area (Å²) in [5, 5.41) is 7.97. The number of anilines is 1. The van der Waals surface area contributed by atoms with Crippen LogP contribution in [0.4, 0.5) is 5.69 Å². The number of nitrogens with zero attached hydrogens (tertiary/aromatic N) is 1. The van der Waals surface area contributed by atoms with E-state index < -0.39 is 5.91 Å². The van der Waals surface area contributed by atoms with Gasteiger partial charge in [0.15, 0.2) is 5.76 Å². The van der Waals surface area contributed by atoms with Crippen molar-refractivity contribution in [3.8, 4) is 0 Å². The van der Waals surface area contributed by atoms with Gasteiger partial charge in [-0.2, -0.15) is 5.10 Å². The van der Waals surface area contributed by atoms with Gasteiger partial charge in [-0.25, -0.2) is 5.43 Å². The third-order valence-electron chi connectivity index (χ3n) is 5.23. The number of nitrogens with one attached hydrogen (secondary N) is 2. The number of hydrazone groups is 1. The Morgan fingerprint density at radius 2 is 1.75 bits per heavy atom. The quantitative estimate of drug-likeness (QED) is 0.464. The predicted octanol–water partition coefficient (Wildman–Crippen LogP) is 5.93. The molecule has 2 aromatic carbocycles. The van der Waals surface area contributed by atoms with Gasteiger partial charge in [0.05, 0.1) is 5.71 Å². The Labute approximate surface area is 195 Å². The van der Waals surface area contributed by atoms with Crippen molar-refractivity contribution in [2.24, 2.45) is 5.10 Å². The number of carbonyl (C=O) groups excluding carboxylic acids is 2. The van der Waals surface area contributed by atoms with E-state index in [1.54, 1.807) is 30.3 Å². The van der Waals surface area contributed by atoms with E-state index in [2.05, 4.69) is 15.8 Å². The summed E-state index contributed by atoms with van der Waals surface area (Å²) in [7, 11) is 0. The maximum atomic E-state index is 12.9. The predicted molar refractivity (Wildman–Crippen MR) is 126 cm³/mol. The van der Waals surface area contributed by atoms with Crippen LogP contribution in [0, 0.1) is 13.8 Å². The van der Waals surface area contributed by atoms with Gasteiger partial charge >= 0.3 is 0 Å². The molecule has 0 aliphatic heterocycles. The number of aryl methyl sites for hydroxylation is 2. The number of fused-ring (bicyclic) bond motifs is 1. The lowest BCUT2D eigenvalue weighted by Gasteiger charge is -2.13. The zero-order chi connectivity index (χ0) is 22.8. The monoisotopic (exact) mass is 469 g/mol. The Morgan fingerprint density at radius 3 is 2.47 bits per heavy atom. The molecule has 0 bridgehead atoms. The number of amides is 2. The van der Waals surface area contributed by atoms with E-state index in [1.807, 2.05) is 26.0 Å². The number of halogens is 2. The smallest absolute Gasteiger partial charge is 0.291 e. The number of carbonyl (C=O) groups is 2. The minimum Gasteiger partial charge on any atom is -0.455 e. The third-order valence-corrected chi connectivity index (χ3v) is 5.66. The summed E-state index contributed by atoms with van der Waals surface area (Å²) in [6.07, 6.45) is 2.17. The summed E-state index contributed by atoms with van der Waals surface area (Å²) < 4.78 is 5.90. The normalized spacial score (nSPS) is 14.2. The molecule has 0 saturated carbocycles. The average Bonchev–Trinajstić information content (AvgIpc) is 3.08. The van der Waals surface area contributed by atoms with Gasteiger partial charge in [0.2, 0.25) is 0 Å². The van der Waals surface area contributed by atoms with E-state index in [9.17, 15) is 9.59 Å². The van der Waals surface area contributed by atoms with E-state index >= 15 is 0 Å². The van der Waals surface area contributed by atoms with Gasteiger partial charge in [-0.05, 0) is 57.0 Å². The lowest BCUT2D eigenvalue weighted by atomic mass is 9.93. The molecule has 32 heavy (non-hydrogen) atoms. The fraction of sp³-hybridized carbons (Fsp3) is 0.208. The molecule has 164 valence electrons. The summed E-state index contributed by atoms with van der Waals surface area (Å²) in [6.45, 7) is 3.74. The third kappa shape index (κ3) is 4.71. The molecule has 1 heterocycles. The summed E-state index contributed by atoms with van der Waals surface area (Å²) >= 11 is 12.0. The van der Waals surface area contributed by atoms with Crippen LogP contribution in [-0.2, 0) is 6.42 Å². The van der Waals surface area contributed by atoms with Gasteiger partial charge < -0.3 is 9.73 Å². The van der Waals surface area contributed by atoms with Gasteiger partial charge in [0.25, 0.3) is 11.8 Å². The van der Waals surface area contributed by atoms with Crippen molar-refractivity contribution in [1.82, 2.24) is 5.43 Å². The Bertz CT molecular complexity index is 1230. The second kappa shape index (κ2) is 9.18. The lowest BCUT2D eigenvalue weighted by molar-refractivity contribution is 0.0953. The highest BCUT2D eigenvalue weighted by Gasteiger charge is 2.28. The molecule has 0 spiro atoms. The average molecular weight is 470 g/mol. The van der Waals surface area contributed by atoms with Crippen LogP contribution in [0.5, 0.6) is 0 Å². The Kier molecular flexibility index (Phi) is 6.35. The Hall–Kier alpha value is -3.09. The highest BCUT2D eigenvalue weighted by molar-refractivity contribution is 6.35. The van der Waals surface area contributed by atoms with E-state index in [-0.39, 0.29) is 11.7 Å². The maximum absolute atomic E-state index is 12.9. The maximum Gasteiger partial charge on any atom is 0.291 e. The highest BCUT2D eigenvalue weighted by Crippen LogP contribution is 2.31. The van der Waals surface area contributed by atoms with Gasteiger partial charge in [-0.1, -0.05) is 40.9 Å². The van der Waals surface area contributed by atoms with E-state index in [4.69, 9.17) is 27.6 Å². The number of furan rings is 1. The standard InChI is InChI=1S/C24H21Cl2N3O3/c1-13-5-3-6-15(9-13)23(30)29-28-19-7-4-8-20-21(19)14(2)22(32-20)24(31)27-18-11-16(25)10-17(26)12-18/h3,5-6,9-12H,4,7-8H2,1-2H3,(H,27,31)(H,29,30)/b28-19+. The molecule has 0 radical (unpaired) electrons. The van der Waals surface area contributed by atoms with Gasteiger partial charge in [0, 0.05) is 38.8 Å². The lowest BCUT2D eigenvalue weighted by Crippen LogP contribution is -2.22. The molecule has 1 aliphatic rings. The van der Waals surface area contributed by atoms with Crippen LogP contribution in [0.2, 0.25) is 10.0 Å². The van der Waals surface area contributed by atoms with Crippen LogP contribution in [0.25, 0.3) is 0 Å². The summed E-state index contributed by atoms with van der Waals surface area (Å²) in [5.41, 5.74) is 6.78. The number of hydrogen-bond acceptors (Lipinski definition) is 4. The van der Waals surface area contributed by atoms with Crippen LogP contribution in [0.1, 0.15) is 56.2 Å². The van der Waals surface area contributed by atoms with E-state index in [0.717, 1.165) is 17.5 Å². The van der Waals surface area contributed by atoms with Crippen molar-refractivity contribution in [3.05, 3.63) is 86.3 Å². The molecule has 2 amide bonds. The molecule has 8 heteroatoms. The molecule has 0 fully saturated rings. The molecule has 0 atom stereocenters. The van der Waals surface area contributed by atoms with Gasteiger partial charge in [0.1, 0.15) is 5.76 Å². The van der Waals surface area contributed by atoms with Crippen molar-refractivity contribution in [1.29, 1.82) is 0 Å². The minimum atomic E-state index is -0.404. The minimum absolute atomic E-state index is 0.200. The first-order chi connectivity index (χ1) is 15.3. The van der Waals surface area contributed by atoms with Gasteiger partial charge in [-0.15, -0.1) is 0 Å². The largest absolute Gasteiger partial charge is 0.455 e. The highest BCUT2D eigenvalue weighted by atomic mass is 35.5. The molecular formula is C24H21Cl2N3O3. The summed E-state index contributed by atoms with van der Waals surface area (Å²) in [4.78, 5) is 25.3. The fourth-order valence-electron chi connectivity index (χ4n) is 3.78. The topological polar surface area (TPSA) is 83.7 Å². The molecular weight excluding hydrogens is 449 g/mol. The molecule has 4 rings (SSSR count). The van der Waals surface area contributed by atoms with Gasteiger partial charge in [-0.3, -0.25) is 9.59 Å². The van der Waals surface area contributed by atoms with E-state index in [1.165, 1.54) is 0 Å². The van der Waals surface area contributed by atoms with Crippen LogP contribution < -0.4 is 10.7 Å². The van der Waals surface area contributed by atoms with Crippen molar-refractivity contribution in [2.45, 2.75) is 33.1 Å². The summed E-state index contributed by atoms with van der Waals surface area (Å²) in [5.74, 6) is 0.195. The molecule has 1 aromatic heterocycles. The first-order valence-electron chi connectivity index (χ1n) is 10.2. The molecule has 1 aliphatic carbocycles. The molecule has 0 unspecified atom stereocenters. The molecule has 2 N–H and O–H groups in total. The second-order valence-corrected chi connectivity index (χ2v) is 8.56. The number of benzene rings is 2. The van der Waals surface area contributed by atoms with Crippen molar-refractivity contribution in [2.75, 3.05) is 5.32 Å². The second-order valence-electron chi connectivity index (χ2n) is 7.69. The number of rotatable bonds is 4. The Balaban J connectivity index is 1.57. The SMILES string of the molecule is Cc1cccc(C(=O)N/N=C2\CCCc3oc(C(=O)Nc4cc(Cl)cc(Cl)c4)c(C)c32)c1. The van der Waals surface area contributed by atoms with Crippen molar-refractivity contribution < 1.29 is 14.0 Å². The first-order valence-corrected chi connectivity index (χ1v) is 10.9. The summed E-state index contributed by atoms with van der Waals surface area (Å²) in [6, 6.07) is 12.1. The molecule has 6 nitrogen and oxygen atoms in total. The van der Waals surface area contributed by atoms with Crippen LogP contribution in [0.15, 0.2) is 52.0 Å². The first kappa shape index (κ1) is 22.1. The van der Waals surface area contributed by atoms with Crippen LogP contribution in [-0.4, -0.2) is 17.5 Å². The number of hydrogen-bond donors (Lipinski definition) is 2.